The number of carbonyl (C=O) groups is 1. The molecule has 1 amide bonds. The predicted molar refractivity (Wildman–Crippen MR) is 129 cm³/mol. The first-order valence-corrected chi connectivity index (χ1v) is 11.9. The van der Waals surface area contributed by atoms with Crippen LogP contribution in [-0.2, 0) is 10.0 Å². The quantitative estimate of drug-likeness (QED) is 0.467. The third kappa shape index (κ3) is 5.77. The number of aryl methyl sites for hydroxylation is 1. The average molecular weight is 489 g/mol. The van der Waals surface area contributed by atoms with E-state index in [1.807, 2.05) is 6.92 Å². The number of rotatable bonds is 8. The van der Waals surface area contributed by atoms with Crippen LogP contribution in [0.25, 0.3) is 0 Å². The van der Waals surface area contributed by atoms with Crippen molar-refractivity contribution in [2.24, 2.45) is 0 Å². The van der Waals surface area contributed by atoms with Gasteiger partial charge < -0.3 is 14.8 Å². The fourth-order valence-electron chi connectivity index (χ4n) is 3.22. The average Bonchev–Trinajstić information content (AvgIpc) is 2.79. The van der Waals surface area contributed by atoms with Crippen molar-refractivity contribution in [3.8, 4) is 11.5 Å². The van der Waals surface area contributed by atoms with Crippen LogP contribution < -0.4 is 19.5 Å². The van der Waals surface area contributed by atoms with Crippen LogP contribution in [0, 0.1) is 6.92 Å². The van der Waals surface area contributed by atoms with Gasteiger partial charge in [0.2, 0.25) is 0 Å². The first-order valence-electron chi connectivity index (χ1n) is 10.1. The maximum absolute atomic E-state index is 13.0. The van der Waals surface area contributed by atoms with Crippen LogP contribution in [0.5, 0.6) is 11.5 Å². The lowest BCUT2D eigenvalue weighted by Gasteiger charge is -2.19. The van der Waals surface area contributed by atoms with Crippen molar-refractivity contribution >= 4 is 33.2 Å². The fraction of sp³-hybridized carbons (Fsp3) is 0.208. The SMILES string of the molecule is COc1ccc(OC)c([C@@H](C)NC(=O)c2cc(NS(=O)(=O)c3ccc(C)cc3)ccc2Cl)c1. The Morgan fingerprint density at radius 2 is 1.67 bits per heavy atom. The lowest BCUT2D eigenvalue weighted by Crippen LogP contribution is -2.27. The summed E-state index contributed by atoms with van der Waals surface area (Å²) in [5, 5.41) is 3.06. The summed E-state index contributed by atoms with van der Waals surface area (Å²) in [5.41, 5.74) is 2.02. The van der Waals surface area contributed by atoms with Crippen molar-refractivity contribution in [2.45, 2.75) is 24.8 Å². The summed E-state index contributed by atoms with van der Waals surface area (Å²) in [6.07, 6.45) is 0. The topological polar surface area (TPSA) is 93.7 Å². The van der Waals surface area contributed by atoms with E-state index in [0.717, 1.165) is 11.1 Å². The van der Waals surface area contributed by atoms with Crippen molar-refractivity contribution in [1.29, 1.82) is 0 Å². The van der Waals surface area contributed by atoms with Gasteiger partial charge in [-0.3, -0.25) is 9.52 Å². The van der Waals surface area contributed by atoms with Gasteiger partial charge in [-0.15, -0.1) is 0 Å². The molecule has 3 aromatic carbocycles. The van der Waals surface area contributed by atoms with Crippen LogP contribution in [0.4, 0.5) is 5.69 Å². The number of halogens is 1. The number of methoxy groups -OCH3 is 2. The molecule has 2 N–H and O–H groups in total. The summed E-state index contributed by atoms with van der Waals surface area (Å²) in [7, 11) is -0.728. The monoisotopic (exact) mass is 488 g/mol. The Morgan fingerprint density at radius 3 is 2.30 bits per heavy atom. The summed E-state index contributed by atoms with van der Waals surface area (Å²) in [5.74, 6) is 0.750. The highest BCUT2D eigenvalue weighted by atomic mass is 35.5. The van der Waals surface area contributed by atoms with Crippen LogP contribution in [0.2, 0.25) is 5.02 Å². The van der Waals surface area contributed by atoms with Crippen LogP contribution >= 0.6 is 11.6 Å². The van der Waals surface area contributed by atoms with Crippen LogP contribution in [0.1, 0.15) is 34.5 Å². The molecular weight excluding hydrogens is 464 g/mol. The number of amides is 1. The molecule has 0 bridgehead atoms. The zero-order valence-corrected chi connectivity index (χ0v) is 20.3. The molecule has 0 aromatic heterocycles. The van der Waals surface area contributed by atoms with Crippen LogP contribution in [0.15, 0.2) is 65.6 Å². The molecule has 0 saturated carbocycles. The van der Waals surface area contributed by atoms with E-state index in [4.69, 9.17) is 21.1 Å². The number of hydrogen-bond donors (Lipinski definition) is 2. The third-order valence-corrected chi connectivity index (χ3v) is 6.77. The lowest BCUT2D eigenvalue weighted by molar-refractivity contribution is 0.0939. The number of anilines is 1. The molecule has 0 radical (unpaired) electrons. The summed E-state index contributed by atoms with van der Waals surface area (Å²) < 4.78 is 38.6. The van der Waals surface area contributed by atoms with Gasteiger partial charge in [-0.2, -0.15) is 0 Å². The van der Waals surface area contributed by atoms with Crippen molar-refractivity contribution in [3.63, 3.8) is 0 Å². The van der Waals surface area contributed by atoms with E-state index in [2.05, 4.69) is 10.0 Å². The van der Waals surface area contributed by atoms with E-state index in [0.29, 0.717) is 11.5 Å². The van der Waals surface area contributed by atoms with E-state index in [1.54, 1.807) is 51.5 Å². The fourth-order valence-corrected chi connectivity index (χ4v) is 4.48. The van der Waals surface area contributed by atoms with Crippen LogP contribution in [0.3, 0.4) is 0 Å². The maximum Gasteiger partial charge on any atom is 0.261 e. The smallest absolute Gasteiger partial charge is 0.261 e. The van der Waals surface area contributed by atoms with E-state index >= 15 is 0 Å². The normalized spacial score (nSPS) is 12.0. The molecule has 0 fully saturated rings. The van der Waals surface area contributed by atoms with Crippen molar-refractivity contribution in [1.82, 2.24) is 5.32 Å². The Kier molecular flexibility index (Phi) is 7.50. The van der Waals surface area contributed by atoms with Gasteiger partial charge >= 0.3 is 0 Å². The van der Waals surface area contributed by atoms with Crippen molar-refractivity contribution < 1.29 is 22.7 Å². The molecular formula is C24H25ClN2O5S. The molecule has 3 rings (SSSR count). The minimum absolute atomic E-state index is 0.118. The maximum atomic E-state index is 13.0. The van der Waals surface area contributed by atoms with Gasteiger partial charge in [-0.05, 0) is 62.4 Å². The first-order chi connectivity index (χ1) is 15.6. The number of nitrogens with one attached hydrogen (secondary N) is 2. The molecule has 33 heavy (non-hydrogen) atoms. The summed E-state index contributed by atoms with van der Waals surface area (Å²) in [4.78, 5) is 13.1. The molecule has 0 aliphatic carbocycles. The molecule has 0 unspecified atom stereocenters. The van der Waals surface area contributed by atoms with E-state index in [9.17, 15) is 13.2 Å². The van der Waals surface area contributed by atoms with Gasteiger partial charge in [0.1, 0.15) is 11.5 Å². The molecule has 0 aliphatic rings. The lowest BCUT2D eigenvalue weighted by atomic mass is 10.1. The highest BCUT2D eigenvalue weighted by Gasteiger charge is 2.20. The first kappa shape index (κ1) is 24.4. The summed E-state index contributed by atoms with van der Waals surface area (Å²) in [6.45, 7) is 3.67. The van der Waals surface area contributed by atoms with E-state index < -0.39 is 22.0 Å². The Labute approximate surface area is 198 Å². The minimum Gasteiger partial charge on any atom is -0.497 e. The Balaban J connectivity index is 1.83. The predicted octanol–water partition coefficient (Wildman–Crippen LogP) is 4.96. The van der Waals surface area contributed by atoms with Gasteiger partial charge in [0.15, 0.2) is 0 Å². The largest absolute Gasteiger partial charge is 0.497 e. The minimum atomic E-state index is -3.82. The second-order valence-corrected chi connectivity index (χ2v) is 9.51. The van der Waals surface area contributed by atoms with Gasteiger partial charge in [0.05, 0.1) is 35.7 Å². The van der Waals surface area contributed by atoms with Crippen molar-refractivity contribution in [3.05, 3.63) is 82.4 Å². The molecule has 0 saturated heterocycles. The number of sulfonamides is 1. The number of hydrogen-bond acceptors (Lipinski definition) is 5. The van der Waals surface area contributed by atoms with E-state index in [1.165, 1.54) is 30.3 Å². The zero-order valence-electron chi connectivity index (χ0n) is 18.7. The molecule has 3 aromatic rings. The molecule has 174 valence electrons. The Bertz CT molecular complexity index is 1260. The molecule has 0 aliphatic heterocycles. The van der Waals surface area contributed by atoms with E-state index in [-0.39, 0.29) is 21.2 Å². The molecule has 9 heteroatoms. The molecule has 1 atom stereocenters. The summed E-state index contributed by atoms with van der Waals surface area (Å²) in [6, 6.07) is 15.7. The van der Waals surface area contributed by atoms with Gasteiger partial charge in [0, 0.05) is 11.3 Å². The molecule has 7 nitrogen and oxygen atoms in total. The van der Waals surface area contributed by atoms with Gasteiger partial charge in [-0.1, -0.05) is 29.3 Å². The number of benzene rings is 3. The number of ether oxygens (including phenoxy) is 2. The zero-order chi connectivity index (χ0) is 24.2. The third-order valence-electron chi connectivity index (χ3n) is 5.05. The Hall–Kier alpha value is -3.23. The second kappa shape index (κ2) is 10.1. The highest BCUT2D eigenvalue weighted by molar-refractivity contribution is 7.92. The van der Waals surface area contributed by atoms with Gasteiger partial charge in [-0.25, -0.2) is 8.42 Å². The molecule has 0 heterocycles. The van der Waals surface area contributed by atoms with Crippen molar-refractivity contribution in [2.75, 3.05) is 18.9 Å². The summed E-state index contributed by atoms with van der Waals surface area (Å²) >= 11 is 6.25. The molecule has 0 spiro atoms. The standard InChI is InChI=1S/C24H25ClN2O5S/c1-15-5-9-19(10-6-15)33(29,30)27-17-7-11-22(25)21(13-17)24(28)26-16(2)20-14-18(31-3)8-12-23(20)32-4/h5-14,16,27H,1-4H3,(H,26,28)/t16-/m1/s1. The number of carbonyl (C=O) groups excluding carboxylic acids is 1. The van der Waals surface area contributed by atoms with Crippen LogP contribution in [-0.4, -0.2) is 28.5 Å². The van der Waals surface area contributed by atoms with Gasteiger partial charge in [0.25, 0.3) is 15.9 Å². The highest BCUT2D eigenvalue weighted by Crippen LogP contribution is 2.30. The Morgan fingerprint density at radius 1 is 0.970 bits per heavy atom. The second-order valence-electron chi connectivity index (χ2n) is 7.42.